The monoisotopic (exact) mass is 205 g/mol. The predicted octanol–water partition coefficient (Wildman–Crippen LogP) is 3.90. The van der Waals surface area contributed by atoms with Gasteiger partial charge in [-0.15, -0.1) is 0 Å². The lowest BCUT2D eigenvalue weighted by Crippen LogP contribution is -2.08. The van der Waals surface area contributed by atoms with E-state index in [1.807, 2.05) is 6.92 Å². The second-order valence-corrected chi connectivity index (χ2v) is 4.46. The third kappa shape index (κ3) is 1.99. The predicted molar refractivity (Wildman–Crippen MR) is 60.9 cm³/mol. The normalized spacial score (nSPS) is 21.8. The lowest BCUT2D eigenvalue weighted by molar-refractivity contribution is 0.389. The summed E-state index contributed by atoms with van der Waals surface area (Å²) >= 11 is 0. The van der Waals surface area contributed by atoms with Crippen LogP contribution in [0.2, 0.25) is 0 Å². The van der Waals surface area contributed by atoms with E-state index in [0.717, 1.165) is 11.5 Å². The first-order valence-electron chi connectivity index (χ1n) is 5.79. The van der Waals surface area contributed by atoms with Gasteiger partial charge in [0.15, 0.2) is 0 Å². The first-order chi connectivity index (χ1) is 7.22. The fourth-order valence-corrected chi connectivity index (χ4v) is 2.64. The summed E-state index contributed by atoms with van der Waals surface area (Å²) in [6, 6.07) is 0. The van der Waals surface area contributed by atoms with Gasteiger partial charge in [-0.3, -0.25) is 0 Å². The van der Waals surface area contributed by atoms with Crippen LogP contribution in [0.4, 0.5) is 0 Å². The average Bonchev–Trinajstić information content (AvgIpc) is 2.59. The summed E-state index contributed by atoms with van der Waals surface area (Å²) in [7, 11) is 0. The van der Waals surface area contributed by atoms with Crippen molar-refractivity contribution in [3.05, 3.63) is 28.7 Å². The Bertz CT molecular complexity index is 346. The Balaban J connectivity index is 2.14. The molecule has 1 saturated carbocycles. The molecule has 2 nitrogen and oxygen atoms in total. The standard InChI is InChI=1S/C13H19NO/c1-4-11-5-7-12(8-6-11)13-9(2)14-15-10(13)3/h4,12H,5-8H2,1-3H3. The Morgan fingerprint density at radius 1 is 1.27 bits per heavy atom. The summed E-state index contributed by atoms with van der Waals surface area (Å²) in [5.74, 6) is 1.68. The molecule has 1 aliphatic carbocycles. The highest BCUT2D eigenvalue weighted by atomic mass is 16.5. The zero-order valence-corrected chi connectivity index (χ0v) is 9.84. The Kier molecular flexibility index (Phi) is 2.94. The van der Waals surface area contributed by atoms with Crippen molar-refractivity contribution in [2.24, 2.45) is 0 Å². The quantitative estimate of drug-likeness (QED) is 0.650. The lowest BCUT2D eigenvalue weighted by atomic mass is 9.81. The van der Waals surface area contributed by atoms with Crippen molar-refractivity contribution in [3.63, 3.8) is 0 Å². The molecule has 0 N–H and O–H groups in total. The van der Waals surface area contributed by atoms with E-state index in [0.29, 0.717) is 5.92 Å². The maximum Gasteiger partial charge on any atom is 0.137 e. The fraction of sp³-hybridized carbons (Fsp3) is 0.615. The molecule has 0 atom stereocenters. The van der Waals surface area contributed by atoms with Crippen molar-refractivity contribution in [3.8, 4) is 0 Å². The fourth-order valence-electron chi connectivity index (χ4n) is 2.64. The molecule has 1 heterocycles. The molecule has 2 heteroatoms. The third-order valence-corrected chi connectivity index (χ3v) is 3.53. The summed E-state index contributed by atoms with van der Waals surface area (Å²) in [5.41, 5.74) is 4.06. The second kappa shape index (κ2) is 4.21. The van der Waals surface area contributed by atoms with Crippen molar-refractivity contribution in [2.45, 2.75) is 52.4 Å². The summed E-state index contributed by atoms with van der Waals surface area (Å²) < 4.78 is 5.24. The first kappa shape index (κ1) is 10.5. The highest BCUT2D eigenvalue weighted by molar-refractivity contribution is 5.27. The first-order valence-corrected chi connectivity index (χ1v) is 5.79. The molecule has 82 valence electrons. The number of aromatic nitrogens is 1. The maximum absolute atomic E-state index is 5.24. The van der Waals surface area contributed by atoms with E-state index in [4.69, 9.17) is 4.52 Å². The van der Waals surface area contributed by atoms with Crippen LogP contribution < -0.4 is 0 Å². The number of allylic oxidation sites excluding steroid dienone is 2. The van der Waals surface area contributed by atoms with Crippen molar-refractivity contribution in [1.82, 2.24) is 5.16 Å². The van der Waals surface area contributed by atoms with Gasteiger partial charge in [0.05, 0.1) is 5.69 Å². The molecule has 0 aliphatic heterocycles. The molecule has 15 heavy (non-hydrogen) atoms. The summed E-state index contributed by atoms with van der Waals surface area (Å²) in [6.07, 6.45) is 7.26. The molecule has 1 aromatic rings. The summed E-state index contributed by atoms with van der Waals surface area (Å²) in [5, 5.41) is 4.04. The smallest absolute Gasteiger partial charge is 0.137 e. The number of hydrogen-bond acceptors (Lipinski definition) is 2. The minimum absolute atomic E-state index is 0.667. The molecule has 1 fully saturated rings. The van der Waals surface area contributed by atoms with Gasteiger partial charge in [0.25, 0.3) is 0 Å². The van der Waals surface area contributed by atoms with Crippen LogP contribution in [0.1, 0.15) is 55.5 Å². The van der Waals surface area contributed by atoms with Crippen LogP contribution in [-0.4, -0.2) is 5.16 Å². The molecule has 0 radical (unpaired) electrons. The highest BCUT2D eigenvalue weighted by Gasteiger charge is 2.23. The van der Waals surface area contributed by atoms with Gasteiger partial charge in [-0.2, -0.15) is 0 Å². The van der Waals surface area contributed by atoms with E-state index in [2.05, 4.69) is 25.1 Å². The molecule has 0 unspecified atom stereocenters. The number of nitrogens with zero attached hydrogens (tertiary/aromatic N) is 1. The summed E-state index contributed by atoms with van der Waals surface area (Å²) in [4.78, 5) is 0. The largest absolute Gasteiger partial charge is 0.361 e. The van der Waals surface area contributed by atoms with Gasteiger partial charge in [0.1, 0.15) is 5.76 Å². The van der Waals surface area contributed by atoms with E-state index >= 15 is 0 Å². The van der Waals surface area contributed by atoms with E-state index in [1.165, 1.54) is 31.2 Å². The van der Waals surface area contributed by atoms with Crippen molar-refractivity contribution < 1.29 is 4.52 Å². The minimum atomic E-state index is 0.667. The number of hydrogen-bond donors (Lipinski definition) is 0. The van der Waals surface area contributed by atoms with Crippen LogP contribution >= 0.6 is 0 Å². The zero-order chi connectivity index (χ0) is 10.8. The van der Waals surface area contributed by atoms with Crippen molar-refractivity contribution in [1.29, 1.82) is 0 Å². The molecule has 1 aliphatic rings. The Hall–Kier alpha value is -1.05. The molecule has 0 saturated heterocycles. The molecule has 0 bridgehead atoms. The topological polar surface area (TPSA) is 26.0 Å². The second-order valence-electron chi connectivity index (χ2n) is 4.46. The molecule has 2 rings (SSSR count). The molecule has 0 aromatic carbocycles. The lowest BCUT2D eigenvalue weighted by Gasteiger charge is -2.23. The average molecular weight is 205 g/mol. The van der Waals surface area contributed by atoms with Crippen LogP contribution in [0, 0.1) is 13.8 Å². The highest BCUT2D eigenvalue weighted by Crippen LogP contribution is 2.37. The Morgan fingerprint density at radius 3 is 2.40 bits per heavy atom. The van der Waals surface area contributed by atoms with Gasteiger partial charge in [0.2, 0.25) is 0 Å². The van der Waals surface area contributed by atoms with E-state index in [1.54, 1.807) is 5.57 Å². The van der Waals surface area contributed by atoms with Gasteiger partial charge in [0, 0.05) is 5.56 Å². The molecule has 1 aromatic heterocycles. The van der Waals surface area contributed by atoms with Gasteiger partial charge in [-0.1, -0.05) is 16.8 Å². The van der Waals surface area contributed by atoms with Crippen LogP contribution in [-0.2, 0) is 0 Å². The van der Waals surface area contributed by atoms with E-state index in [-0.39, 0.29) is 0 Å². The molecular formula is C13H19NO. The Morgan fingerprint density at radius 2 is 1.93 bits per heavy atom. The summed E-state index contributed by atoms with van der Waals surface area (Å²) in [6.45, 7) is 6.23. The molecular weight excluding hydrogens is 186 g/mol. The minimum Gasteiger partial charge on any atom is -0.361 e. The van der Waals surface area contributed by atoms with Crippen LogP contribution in [0.5, 0.6) is 0 Å². The maximum atomic E-state index is 5.24. The van der Waals surface area contributed by atoms with Gasteiger partial charge < -0.3 is 4.52 Å². The molecule has 0 spiro atoms. The van der Waals surface area contributed by atoms with E-state index in [9.17, 15) is 0 Å². The Labute approximate surface area is 91.4 Å². The van der Waals surface area contributed by atoms with Gasteiger partial charge in [-0.25, -0.2) is 0 Å². The van der Waals surface area contributed by atoms with Crippen LogP contribution in [0.25, 0.3) is 0 Å². The van der Waals surface area contributed by atoms with Crippen LogP contribution in [0.3, 0.4) is 0 Å². The van der Waals surface area contributed by atoms with Crippen molar-refractivity contribution in [2.75, 3.05) is 0 Å². The zero-order valence-electron chi connectivity index (χ0n) is 9.84. The SMILES string of the molecule is CC=C1CCC(c2c(C)noc2C)CC1. The third-order valence-electron chi connectivity index (χ3n) is 3.53. The number of rotatable bonds is 1. The van der Waals surface area contributed by atoms with Gasteiger partial charge >= 0.3 is 0 Å². The molecule has 0 amide bonds. The van der Waals surface area contributed by atoms with Crippen molar-refractivity contribution >= 4 is 0 Å². The van der Waals surface area contributed by atoms with Crippen LogP contribution in [0.15, 0.2) is 16.2 Å². The number of aryl methyl sites for hydroxylation is 2. The van der Waals surface area contributed by atoms with Gasteiger partial charge in [-0.05, 0) is 52.4 Å². The van der Waals surface area contributed by atoms with E-state index < -0.39 is 0 Å².